The van der Waals surface area contributed by atoms with Crippen LogP contribution >= 0.6 is 11.8 Å². The van der Waals surface area contributed by atoms with Crippen LogP contribution in [0.4, 0.5) is 11.4 Å². The molecule has 3 N–H and O–H groups in total. The minimum absolute atomic E-state index is 0.000545. The van der Waals surface area contributed by atoms with Gasteiger partial charge in [0.1, 0.15) is 5.75 Å². The van der Waals surface area contributed by atoms with Gasteiger partial charge in [-0.05, 0) is 43.3 Å². The second-order valence-electron chi connectivity index (χ2n) is 6.44. The van der Waals surface area contributed by atoms with Gasteiger partial charge < -0.3 is 20.7 Å². The van der Waals surface area contributed by atoms with E-state index < -0.39 is 5.25 Å². The van der Waals surface area contributed by atoms with Crippen LogP contribution in [0.2, 0.25) is 0 Å². The van der Waals surface area contributed by atoms with Gasteiger partial charge in [0.15, 0.2) is 0 Å². The Labute approximate surface area is 172 Å². The second kappa shape index (κ2) is 9.29. The molecule has 2 aromatic carbocycles. The number of nitrogens with one attached hydrogen (secondary N) is 3. The van der Waals surface area contributed by atoms with Crippen LogP contribution in [0.5, 0.6) is 5.75 Å². The van der Waals surface area contributed by atoms with Crippen molar-refractivity contribution < 1.29 is 19.1 Å². The van der Waals surface area contributed by atoms with Gasteiger partial charge in [-0.2, -0.15) is 0 Å². The van der Waals surface area contributed by atoms with Crippen LogP contribution in [0.15, 0.2) is 59.6 Å². The lowest BCUT2D eigenvalue weighted by Crippen LogP contribution is -2.26. The van der Waals surface area contributed by atoms with E-state index in [1.54, 1.807) is 43.5 Å². The molecule has 1 saturated heterocycles. The smallest absolute Gasteiger partial charge is 0.250 e. The molecule has 2 aromatic rings. The molecule has 0 unspecified atom stereocenters. The van der Waals surface area contributed by atoms with E-state index in [9.17, 15) is 14.4 Å². The van der Waals surface area contributed by atoms with Crippen LogP contribution in [0.25, 0.3) is 0 Å². The number of hydrogen-bond acceptors (Lipinski definition) is 5. The van der Waals surface area contributed by atoms with Crippen molar-refractivity contribution in [3.63, 3.8) is 0 Å². The average Bonchev–Trinajstić information content (AvgIpc) is 3.02. The molecule has 3 rings (SSSR count). The Kier molecular flexibility index (Phi) is 6.56. The molecular weight excluding hydrogens is 390 g/mol. The molecule has 0 bridgehead atoms. The van der Waals surface area contributed by atoms with E-state index in [0.717, 1.165) is 17.3 Å². The highest BCUT2D eigenvalue weighted by Gasteiger charge is 2.31. The first-order valence-corrected chi connectivity index (χ1v) is 9.81. The third-order valence-corrected chi connectivity index (χ3v) is 5.27. The molecule has 0 spiro atoms. The summed E-state index contributed by atoms with van der Waals surface area (Å²) in [5.74, 6) is -0.241. The first-order valence-electron chi connectivity index (χ1n) is 8.94. The molecule has 3 amide bonds. The number of carbonyl (C=O) groups excluding carboxylic acids is 3. The number of amides is 3. The molecule has 1 heterocycles. The molecule has 8 heteroatoms. The molecule has 150 valence electrons. The lowest BCUT2D eigenvalue weighted by atomic mass is 10.2. The van der Waals surface area contributed by atoms with Crippen molar-refractivity contribution in [1.82, 2.24) is 5.32 Å². The Morgan fingerprint density at radius 2 is 1.69 bits per heavy atom. The Balaban J connectivity index is 1.53. The van der Waals surface area contributed by atoms with Gasteiger partial charge in [0.05, 0.1) is 17.4 Å². The molecule has 1 aliphatic rings. The maximum absolute atomic E-state index is 12.2. The highest BCUT2D eigenvalue weighted by Crippen LogP contribution is 2.29. The first-order chi connectivity index (χ1) is 13.9. The summed E-state index contributed by atoms with van der Waals surface area (Å²) in [4.78, 5) is 36.5. The van der Waals surface area contributed by atoms with E-state index in [1.165, 1.54) is 6.08 Å². The van der Waals surface area contributed by atoms with E-state index in [2.05, 4.69) is 16.0 Å². The van der Waals surface area contributed by atoms with Crippen LogP contribution in [0.3, 0.4) is 0 Å². The predicted octanol–water partition coefficient (Wildman–Crippen LogP) is 3.04. The van der Waals surface area contributed by atoms with E-state index in [4.69, 9.17) is 4.74 Å². The Hall–Kier alpha value is -3.26. The average molecular weight is 411 g/mol. The summed E-state index contributed by atoms with van der Waals surface area (Å²) >= 11 is 1.16. The van der Waals surface area contributed by atoms with Crippen molar-refractivity contribution in [2.45, 2.75) is 18.6 Å². The van der Waals surface area contributed by atoms with Crippen molar-refractivity contribution in [3.05, 3.63) is 65.2 Å². The quantitative estimate of drug-likeness (QED) is 0.635. The lowest BCUT2D eigenvalue weighted by Gasteiger charge is -2.08. The van der Waals surface area contributed by atoms with E-state index in [-0.39, 0.29) is 24.1 Å². The standard InChI is InChI=1S/C21H21N3O4S/c1-13-3-5-14(6-4-13)23-19(26)12-20-24-21(27)17(29-20)11-18(25)22-15-7-9-16(28-2)10-8-15/h3-10,12,17H,11H2,1-2H3,(H,22,25)(H,23,26)(H,24,27)/b20-12+/t17-/m0/s1. The van der Waals surface area contributed by atoms with Crippen molar-refractivity contribution >= 4 is 40.9 Å². The molecule has 1 fully saturated rings. The van der Waals surface area contributed by atoms with Gasteiger partial charge in [-0.25, -0.2) is 0 Å². The van der Waals surface area contributed by atoms with Gasteiger partial charge >= 0.3 is 0 Å². The summed E-state index contributed by atoms with van der Waals surface area (Å²) in [6.07, 6.45) is 1.32. The number of rotatable bonds is 6. The van der Waals surface area contributed by atoms with E-state index >= 15 is 0 Å². The van der Waals surface area contributed by atoms with Gasteiger partial charge in [0.2, 0.25) is 11.8 Å². The third-order valence-electron chi connectivity index (χ3n) is 4.13. The van der Waals surface area contributed by atoms with Crippen molar-refractivity contribution in [3.8, 4) is 5.75 Å². The minimum atomic E-state index is -0.591. The van der Waals surface area contributed by atoms with E-state index in [0.29, 0.717) is 22.2 Å². The minimum Gasteiger partial charge on any atom is -0.497 e. The fourth-order valence-corrected chi connectivity index (χ4v) is 3.67. The van der Waals surface area contributed by atoms with Gasteiger partial charge in [-0.3, -0.25) is 14.4 Å². The maximum atomic E-state index is 12.2. The molecule has 0 radical (unpaired) electrons. The lowest BCUT2D eigenvalue weighted by molar-refractivity contribution is -0.122. The number of aryl methyl sites for hydroxylation is 1. The monoisotopic (exact) mass is 411 g/mol. The summed E-state index contributed by atoms with van der Waals surface area (Å²) in [5, 5.41) is 7.96. The summed E-state index contributed by atoms with van der Waals surface area (Å²) in [6.45, 7) is 1.96. The molecule has 29 heavy (non-hydrogen) atoms. The molecular formula is C21H21N3O4S. The highest BCUT2D eigenvalue weighted by atomic mass is 32.2. The Morgan fingerprint density at radius 1 is 1.07 bits per heavy atom. The highest BCUT2D eigenvalue weighted by molar-refractivity contribution is 8.04. The topological polar surface area (TPSA) is 96.5 Å². The Bertz CT molecular complexity index is 939. The largest absolute Gasteiger partial charge is 0.497 e. The van der Waals surface area contributed by atoms with Crippen molar-refractivity contribution in [2.75, 3.05) is 17.7 Å². The van der Waals surface area contributed by atoms with Crippen LogP contribution < -0.4 is 20.7 Å². The summed E-state index contributed by atoms with van der Waals surface area (Å²) in [7, 11) is 1.57. The fourth-order valence-electron chi connectivity index (χ4n) is 2.63. The van der Waals surface area contributed by atoms with Crippen LogP contribution in [0.1, 0.15) is 12.0 Å². The van der Waals surface area contributed by atoms with E-state index in [1.807, 2.05) is 19.1 Å². The first kappa shape index (κ1) is 20.5. The van der Waals surface area contributed by atoms with Crippen LogP contribution in [-0.4, -0.2) is 30.1 Å². The molecule has 0 saturated carbocycles. The number of thioether (sulfide) groups is 1. The zero-order valence-electron chi connectivity index (χ0n) is 16.0. The van der Waals surface area contributed by atoms with Gasteiger partial charge in [-0.15, -0.1) is 0 Å². The molecule has 0 aromatic heterocycles. The predicted molar refractivity (Wildman–Crippen MR) is 114 cm³/mol. The van der Waals surface area contributed by atoms with Gasteiger partial charge in [0, 0.05) is 23.9 Å². The number of carbonyl (C=O) groups is 3. The maximum Gasteiger partial charge on any atom is 0.250 e. The number of benzene rings is 2. The van der Waals surface area contributed by atoms with Crippen molar-refractivity contribution in [1.29, 1.82) is 0 Å². The molecule has 1 atom stereocenters. The SMILES string of the molecule is COc1ccc(NC(=O)C[C@@H]2S/C(=C/C(=O)Nc3ccc(C)cc3)NC2=O)cc1. The number of ether oxygens (including phenoxy) is 1. The fraction of sp³-hybridized carbons (Fsp3) is 0.190. The Morgan fingerprint density at radius 3 is 2.34 bits per heavy atom. The molecule has 7 nitrogen and oxygen atoms in total. The zero-order valence-corrected chi connectivity index (χ0v) is 16.8. The summed E-state index contributed by atoms with van der Waals surface area (Å²) in [5.41, 5.74) is 2.38. The number of hydrogen-bond donors (Lipinski definition) is 3. The number of anilines is 2. The molecule has 0 aliphatic carbocycles. The summed E-state index contributed by atoms with van der Waals surface area (Å²) < 4.78 is 5.07. The zero-order chi connectivity index (χ0) is 20.8. The van der Waals surface area contributed by atoms with Crippen LogP contribution in [-0.2, 0) is 14.4 Å². The van der Waals surface area contributed by atoms with Crippen molar-refractivity contribution in [2.24, 2.45) is 0 Å². The third kappa shape index (κ3) is 5.86. The van der Waals surface area contributed by atoms with Gasteiger partial charge in [0.25, 0.3) is 5.91 Å². The molecule has 1 aliphatic heterocycles. The second-order valence-corrected chi connectivity index (χ2v) is 7.68. The van der Waals surface area contributed by atoms with Gasteiger partial charge in [-0.1, -0.05) is 29.5 Å². The number of methoxy groups -OCH3 is 1. The normalized spacial score (nSPS) is 17.0. The summed E-state index contributed by atoms with van der Waals surface area (Å²) in [6, 6.07) is 14.3. The van der Waals surface area contributed by atoms with Crippen LogP contribution in [0, 0.1) is 6.92 Å².